The number of hydrogen-bond donors (Lipinski definition) is 2. The summed E-state index contributed by atoms with van der Waals surface area (Å²) >= 11 is 3.46. The zero-order valence-electron chi connectivity index (χ0n) is 18.4. The second-order valence-electron chi connectivity index (χ2n) is 7.13. The highest BCUT2D eigenvalue weighted by atomic mass is 79.9. The number of amides is 2. The molecule has 0 aliphatic carbocycles. The van der Waals surface area contributed by atoms with Gasteiger partial charge in [0.05, 0.1) is 23.9 Å². The molecule has 0 heterocycles. The molecule has 0 spiro atoms. The van der Waals surface area contributed by atoms with E-state index in [1.54, 1.807) is 26.0 Å². The van der Waals surface area contributed by atoms with E-state index >= 15 is 0 Å². The molecule has 0 aliphatic rings. The first-order valence-corrected chi connectivity index (χ1v) is 11.0. The molecule has 1 unspecified atom stereocenters. The lowest BCUT2D eigenvalue weighted by atomic mass is 10.0. The van der Waals surface area contributed by atoms with Crippen LogP contribution in [0.4, 0.5) is 4.39 Å². The summed E-state index contributed by atoms with van der Waals surface area (Å²) in [5, 5.41) is 6.68. The third kappa shape index (κ3) is 7.05. The van der Waals surface area contributed by atoms with Crippen LogP contribution in [0.1, 0.15) is 43.6 Å². The molecule has 0 aromatic heterocycles. The lowest BCUT2D eigenvalue weighted by Gasteiger charge is -2.20. The molecular weight excluding hydrogens is 481 g/mol. The summed E-state index contributed by atoms with van der Waals surface area (Å²) in [6.07, 6.45) is 1.47. The Hall–Kier alpha value is -2.94. The Balaban J connectivity index is 2.09. The average Bonchev–Trinajstić information content (AvgIpc) is 2.74. The smallest absolute Gasteiger partial charge is 0.262 e. The minimum atomic E-state index is -0.823. The number of nitrogens with one attached hydrogen (secondary N) is 2. The Morgan fingerprint density at radius 2 is 1.78 bits per heavy atom. The summed E-state index contributed by atoms with van der Waals surface area (Å²) in [7, 11) is 0. The van der Waals surface area contributed by atoms with Crippen LogP contribution in [0.15, 0.2) is 46.0 Å². The number of hydrogen-bond acceptors (Lipinski definition) is 5. The summed E-state index contributed by atoms with van der Waals surface area (Å²) in [5.74, 6) is -0.426. The first-order chi connectivity index (χ1) is 15.3. The van der Waals surface area contributed by atoms with Gasteiger partial charge in [0, 0.05) is 5.56 Å². The van der Waals surface area contributed by atoms with Crippen molar-refractivity contribution in [3.8, 4) is 11.5 Å². The lowest BCUT2D eigenvalue weighted by Crippen LogP contribution is -2.48. The molecule has 1 atom stereocenters. The zero-order chi connectivity index (χ0) is 23.7. The minimum absolute atomic E-state index is 0.196. The number of hydrazone groups is 1. The van der Waals surface area contributed by atoms with Gasteiger partial charge in [0.15, 0.2) is 11.5 Å². The standard InChI is InChI=1S/C23H27BrFN3O4/c1-5-31-19-12-15(11-18(24)21(19)32-6-2)13-26-28-23(30)20(14(3)4)27-22(29)16-7-9-17(25)10-8-16/h7-14,20H,5-6H2,1-4H3,(H,27,29)(H,28,30)/b26-13+. The van der Waals surface area contributed by atoms with Crippen molar-refractivity contribution in [2.75, 3.05) is 13.2 Å². The first kappa shape index (κ1) is 25.3. The van der Waals surface area contributed by atoms with E-state index in [4.69, 9.17) is 9.47 Å². The highest BCUT2D eigenvalue weighted by molar-refractivity contribution is 9.10. The van der Waals surface area contributed by atoms with Crippen molar-refractivity contribution >= 4 is 34.0 Å². The van der Waals surface area contributed by atoms with E-state index in [1.165, 1.54) is 30.5 Å². The number of ether oxygens (including phenoxy) is 2. The molecule has 2 rings (SSSR count). The molecule has 2 N–H and O–H groups in total. The number of rotatable bonds is 10. The van der Waals surface area contributed by atoms with Crippen LogP contribution in [0, 0.1) is 11.7 Å². The molecule has 9 heteroatoms. The van der Waals surface area contributed by atoms with Gasteiger partial charge in [0.1, 0.15) is 11.9 Å². The van der Waals surface area contributed by atoms with Gasteiger partial charge in [-0.1, -0.05) is 13.8 Å². The van der Waals surface area contributed by atoms with Crippen LogP contribution in [-0.2, 0) is 4.79 Å². The van der Waals surface area contributed by atoms with Crippen LogP contribution >= 0.6 is 15.9 Å². The van der Waals surface area contributed by atoms with Gasteiger partial charge in [0.2, 0.25) is 0 Å². The molecular formula is C23H27BrFN3O4. The van der Waals surface area contributed by atoms with E-state index in [9.17, 15) is 14.0 Å². The van der Waals surface area contributed by atoms with E-state index < -0.39 is 23.7 Å². The second-order valence-corrected chi connectivity index (χ2v) is 7.99. The van der Waals surface area contributed by atoms with Crippen molar-refractivity contribution in [3.63, 3.8) is 0 Å². The van der Waals surface area contributed by atoms with Crippen LogP contribution in [0.5, 0.6) is 11.5 Å². The Morgan fingerprint density at radius 3 is 2.38 bits per heavy atom. The summed E-state index contributed by atoms with van der Waals surface area (Å²) in [6, 6.07) is 7.82. The third-order valence-corrected chi connectivity index (χ3v) is 4.94. The highest BCUT2D eigenvalue weighted by Crippen LogP contribution is 2.36. The number of halogens is 2. The van der Waals surface area contributed by atoms with Crippen molar-refractivity contribution in [2.24, 2.45) is 11.0 Å². The number of nitrogens with zero attached hydrogens (tertiary/aromatic N) is 1. The summed E-state index contributed by atoms with van der Waals surface area (Å²) in [4.78, 5) is 25.0. The van der Waals surface area contributed by atoms with Gasteiger partial charge in [-0.2, -0.15) is 5.10 Å². The summed E-state index contributed by atoms with van der Waals surface area (Å²) in [5.41, 5.74) is 3.40. The molecule has 172 valence electrons. The molecule has 0 fully saturated rings. The van der Waals surface area contributed by atoms with E-state index in [2.05, 4.69) is 31.8 Å². The van der Waals surface area contributed by atoms with Crippen molar-refractivity contribution in [2.45, 2.75) is 33.7 Å². The Bertz CT molecular complexity index is 964. The number of carbonyl (C=O) groups excluding carboxylic acids is 2. The third-order valence-electron chi connectivity index (χ3n) is 4.35. The quantitative estimate of drug-likeness (QED) is 0.370. The molecule has 0 radical (unpaired) electrons. The van der Waals surface area contributed by atoms with Crippen LogP contribution in [-0.4, -0.2) is 37.3 Å². The maximum Gasteiger partial charge on any atom is 0.262 e. The van der Waals surface area contributed by atoms with Gasteiger partial charge in [-0.15, -0.1) is 0 Å². The van der Waals surface area contributed by atoms with Crippen molar-refractivity contribution in [1.29, 1.82) is 0 Å². The number of benzene rings is 2. The largest absolute Gasteiger partial charge is 0.490 e. The highest BCUT2D eigenvalue weighted by Gasteiger charge is 2.24. The monoisotopic (exact) mass is 507 g/mol. The van der Waals surface area contributed by atoms with Crippen molar-refractivity contribution in [1.82, 2.24) is 10.7 Å². The molecule has 0 saturated heterocycles. The summed E-state index contributed by atoms with van der Waals surface area (Å²) < 4.78 is 25.0. The maximum absolute atomic E-state index is 13.1. The minimum Gasteiger partial charge on any atom is -0.490 e. The topological polar surface area (TPSA) is 89.0 Å². The van der Waals surface area contributed by atoms with E-state index in [0.717, 1.165) is 0 Å². The van der Waals surface area contributed by atoms with E-state index in [-0.39, 0.29) is 11.5 Å². The van der Waals surface area contributed by atoms with Crippen LogP contribution in [0.2, 0.25) is 0 Å². The Labute approximate surface area is 195 Å². The normalized spacial score (nSPS) is 12.0. The van der Waals surface area contributed by atoms with Crippen LogP contribution in [0.3, 0.4) is 0 Å². The molecule has 2 amide bonds. The van der Waals surface area contributed by atoms with E-state index in [1.807, 2.05) is 13.8 Å². The van der Waals surface area contributed by atoms with Gasteiger partial charge < -0.3 is 14.8 Å². The zero-order valence-corrected chi connectivity index (χ0v) is 20.0. The molecule has 32 heavy (non-hydrogen) atoms. The fourth-order valence-corrected chi connectivity index (χ4v) is 3.38. The fraction of sp³-hybridized carbons (Fsp3) is 0.348. The maximum atomic E-state index is 13.1. The van der Waals surface area contributed by atoms with Crippen molar-refractivity contribution < 1.29 is 23.5 Å². The Morgan fingerprint density at radius 1 is 1.12 bits per heavy atom. The van der Waals surface area contributed by atoms with Crippen LogP contribution in [0.25, 0.3) is 0 Å². The summed E-state index contributed by atoms with van der Waals surface area (Å²) in [6.45, 7) is 8.31. The second kappa shape index (κ2) is 12.2. The van der Waals surface area contributed by atoms with Gasteiger partial charge in [-0.25, -0.2) is 9.82 Å². The van der Waals surface area contributed by atoms with Gasteiger partial charge in [0.25, 0.3) is 11.8 Å². The van der Waals surface area contributed by atoms with E-state index in [0.29, 0.717) is 34.7 Å². The average molecular weight is 508 g/mol. The molecule has 0 aliphatic heterocycles. The first-order valence-electron chi connectivity index (χ1n) is 10.2. The van der Waals surface area contributed by atoms with Crippen LogP contribution < -0.4 is 20.2 Å². The molecule has 7 nitrogen and oxygen atoms in total. The molecule has 2 aromatic carbocycles. The van der Waals surface area contributed by atoms with Crippen molar-refractivity contribution in [3.05, 3.63) is 57.8 Å². The predicted molar refractivity (Wildman–Crippen MR) is 125 cm³/mol. The number of carbonyl (C=O) groups is 2. The lowest BCUT2D eigenvalue weighted by molar-refractivity contribution is -0.123. The van der Waals surface area contributed by atoms with Gasteiger partial charge >= 0.3 is 0 Å². The molecule has 0 saturated carbocycles. The molecule has 0 bridgehead atoms. The molecule has 2 aromatic rings. The van der Waals surface area contributed by atoms with Gasteiger partial charge in [-0.05, 0) is 77.7 Å². The van der Waals surface area contributed by atoms with Gasteiger partial charge in [-0.3, -0.25) is 9.59 Å². The Kier molecular flexibility index (Phi) is 9.64. The SMILES string of the molecule is CCOc1cc(/C=N/NC(=O)C(NC(=O)c2ccc(F)cc2)C(C)C)cc(Br)c1OCC. The predicted octanol–water partition coefficient (Wildman–Crippen LogP) is 4.29. The fourth-order valence-electron chi connectivity index (χ4n) is 2.81.